The zero-order valence-electron chi connectivity index (χ0n) is 20.4. The summed E-state index contributed by atoms with van der Waals surface area (Å²) in [6.07, 6.45) is 3.23. The van der Waals surface area contributed by atoms with Crippen LogP contribution in [0.15, 0.2) is 29.3 Å². The summed E-state index contributed by atoms with van der Waals surface area (Å²) < 4.78 is 18.5. The number of nitrogens with zero attached hydrogens (tertiary/aromatic N) is 4. The van der Waals surface area contributed by atoms with Gasteiger partial charge in [-0.2, -0.15) is 5.10 Å². The zero-order valence-corrected chi connectivity index (χ0v) is 21.2. The fourth-order valence-corrected chi connectivity index (χ4v) is 5.20. The number of hydrogen-bond donors (Lipinski definition) is 0. The van der Waals surface area contributed by atoms with E-state index in [1.165, 1.54) is 18.0 Å². The van der Waals surface area contributed by atoms with Crippen molar-refractivity contribution in [2.75, 3.05) is 33.5 Å². The van der Waals surface area contributed by atoms with Gasteiger partial charge >= 0.3 is 5.97 Å². The third-order valence-corrected chi connectivity index (χ3v) is 7.16. The Balaban J connectivity index is 1.66. The minimum absolute atomic E-state index is 0.0250. The first kappa shape index (κ1) is 25.6. The van der Waals surface area contributed by atoms with E-state index in [0.29, 0.717) is 24.3 Å². The van der Waals surface area contributed by atoms with E-state index in [1.54, 1.807) is 23.8 Å². The number of amides is 2. The summed E-state index contributed by atoms with van der Waals surface area (Å²) in [5, 5.41) is 4.58. The van der Waals surface area contributed by atoms with Gasteiger partial charge in [0.1, 0.15) is 10.6 Å². The van der Waals surface area contributed by atoms with Crippen molar-refractivity contribution < 1.29 is 23.3 Å². The molecular formula is C24H32N4O5S. The number of likely N-dealkylation sites (N-methyl/N-ethyl adjacent to an activating group) is 1. The molecule has 0 N–H and O–H groups in total. The van der Waals surface area contributed by atoms with Crippen molar-refractivity contribution in [1.29, 1.82) is 0 Å². The van der Waals surface area contributed by atoms with Gasteiger partial charge in [-0.1, -0.05) is 17.7 Å². The Morgan fingerprint density at radius 1 is 1.21 bits per heavy atom. The van der Waals surface area contributed by atoms with Crippen LogP contribution in [0.2, 0.25) is 0 Å². The maximum absolute atomic E-state index is 13.0. The molecule has 1 fully saturated rings. The molecule has 1 saturated heterocycles. The number of aryl methyl sites for hydroxylation is 3. The Morgan fingerprint density at radius 2 is 1.88 bits per heavy atom. The molecule has 3 rings (SSSR count). The minimum atomic E-state index is -1.48. The van der Waals surface area contributed by atoms with E-state index in [2.05, 4.69) is 5.10 Å². The van der Waals surface area contributed by atoms with Crippen molar-refractivity contribution in [2.45, 2.75) is 50.7 Å². The number of methoxy groups -OCH3 is 1. The summed E-state index contributed by atoms with van der Waals surface area (Å²) in [7, 11) is 1.53. The van der Waals surface area contributed by atoms with Crippen LogP contribution < -0.4 is 0 Å². The Labute approximate surface area is 202 Å². The van der Waals surface area contributed by atoms with Crippen LogP contribution in [-0.4, -0.2) is 81.1 Å². The Morgan fingerprint density at radius 3 is 2.50 bits per heavy atom. The second-order valence-electron chi connectivity index (χ2n) is 8.60. The highest BCUT2D eigenvalue weighted by Crippen LogP contribution is 2.21. The lowest BCUT2D eigenvalue weighted by atomic mass is 10.0. The summed E-state index contributed by atoms with van der Waals surface area (Å²) in [6, 6.07) is 7.43. The number of piperidine rings is 1. The van der Waals surface area contributed by atoms with Crippen LogP contribution in [0.4, 0.5) is 0 Å². The lowest BCUT2D eigenvalue weighted by molar-refractivity contribution is -0.133. The predicted octanol–water partition coefficient (Wildman–Crippen LogP) is 2.18. The average molecular weight is 489 g/mol. The summed E-state index contributed by atoms with van der Waals surface area (Å²) in [5.74, 6) is -0.726. The second-order valence-corrected chi connectivity index (χ2v) is 9.90. The van der Waals surface area contributed by atoms with Gasteiger partial charge in [-0.15, -0.1) is 0 Å². The van der Waals surface area contributed by atoms with Crippen LogP contribution >= 0.6 is 0 Å². The monoisotopic (exact) mass is 488 g/mol. The van der Waals surface area contributed by atoms with Gasteiger partial charge in [0.25, 0.3) is 5.91 Å². The molecule has 2 heterocycles. The average Bonchev–Trinajstić information content (AvgIpc) is 3.17. The SMILES string of the molecule is COC(=O)c1c(C)nn(CCC(=O)N(C)[C@H]2CCCN(C(=O)c3ccc(C)cc3)C2)c1S(C)=O. The fraction of sp³-hybridized carbons (Fsp3) is 0.500. The van der Waals surface area contributed by atoms with Gasteiger partial charge in [-0.25, -0.2) is 4.79 Å². The molecule has 0 spiro atoms. The van der Waals surface area contributed by atoms with Gasteiger partial charge in [0.15, 0.2) is 0 Å². The van der Waals surface area contributed by atoms with Crippen molar-refractivity contribution in [1.82, 2.24) is 19.6 Å². The van der Waals surface area contributed by atoms with Crippen LogP contribution in [0.1, 0.15) is 51.2 Å². The molecular weight excluding hydrogens is 456 g/mol. The molecule has 1 unspecified atom stereocenters. The highest BCUT2D eigenvalue weighted by Gasteiger charge is 2.30. The van der Waals surface area contributed by atoms with Crippen molar-refractivity contribution in [3.63, 3.8) is 0 Å². The van der Waals surface area contributed by atoms with Gasteiger partial charge in [0, 0.05) is 44.4 Å². The molecule has 1 aliphatic rings. The number of hydrogen-bond acceptors (Lipinski definition) is 6. The highest BCUT2D eigenvalue weighted by molar-refractivity contribution is 7.84. The van der Waals surface area contributed by atoms with E-state index < -0.39 is 16.8 Å². The summed E-state index contributed by atoms with van der Waals surface area (Å²) in [5.41, 5.74) is 2.34. The maximum Gasteiger partial charge on any atom is 0.342 e. The Kier molecular flexibility index (Phi) is 8.24. The van der Waals surface area contributed by atoms with Gasteiger partial charge in [0.05, 0.1) is 30.1 Å². The van der Waals surface area contributed by atoms with Gasteiger partial charge < -0.3 is 14.5 Å². The summed E-state index contributed by atoms with van der Waals surface area (Å²) in [6.45, 7) is 4.96. The molecule has 9 nitrogen and oxygen atoms in total. The molecule has 1 aromatic carbocycles. The number of aromatic nitrogens is 2. The molecule has 1 aromatic heterocycles. The van der Waals surface area contributed by atoms with E-state index >= 15 is 0 Å². The van der Waals surface area contributed by atoms with Gasteiger partial charge in [-0.05, 0) is 38.8 Å². The number of benzene rings is 1. The van der Waals surface area contributed by atoms with Crippen molar-refractivity contribution in [3.05, 3.63) is 46.6 Å². The number of esters is 1. The molecule has 34 heavy (non-hydrogen) atoms. The fourth-order valence-electron chi connectivity index (χ4n) is 4.26. The third-order valence-electron chi connectivity index (χ3n) is 6.20. The zero-order chi connectivity index (χ0) is 25.0. The van der Waals surface area contributed by atoms with Crippen LogP contribution in [0.25, 0.3) is 0 Å². The lowest BCUT2D eigenvalue weighted by Crippen LogP contribution is -2.50. The first-order valence-electron chi connectivity index (χ1n) is 11.2. The topological polar surface area (TPSA) is 102 Å². The highest BCUT2D eigenvalue weighted by atomic mass is 32.2. The van der Waals surface area contributed by atoms with Crippen LogP contribution in [-0.2, 0) is 26.9 Å². The van der Waals surface area contributed by atoms with E-state index in [1.807, 2.05) is 31.2 Å². The van der Waals surface area contributed by atoms with Crippen molar-refractivity contribution >= 4 is 28.6 Å². The predicted molar refractivity (Wildman–Crippen MR) is 128 cm³/mol. The quantitative estimate of drug-likeness (QED) is 0.554. The minimum Gasteiger partial charge on any atom is -0.465 e. The molecule has 0 saturated carbocycles. The molecule has 1 aliphatic heterocycles. The lowest BCUT2D eigenvalue weighted by Gasteiger charge is -2.37. The molecule has 0 radical (unpaired) electrons. The molecule has 0 aliphatic carbocycles. The van der Waals surface area contributed by atoms with Gasteiger partial charge in [0.2, 0.25) is 5.91 Å². The number of carbonyl (C=O) groups excluding carboxylic acids is 3. The number of rotatable bonds is 7. The smallest absolute Gasteiger partial charge is 0.342 e. The maximum atomic E-state index is 13.0. The molecule has 184 valence electrons. The standard InChI is InChI=1S/C24H32N4O5S/c1-16-8-10-18(11-9-16)22(30)27-13-6-7-19(15-27)26(3)20(29)12-14-28-23(34(5)32)21(17(2)25-28)24(31)33-4/h8-11,19H,6-7,12-15H2,1-5H3/t19-,34?/m0/s1. The second kappa shape index (κ2) is 10.9. The Bertz CT molecular complexity index is 1100. The molecule has 0 bridgehead atoms. The molecule has 2 atom stereocenters. The normalized spacial score (nSPS) is 16.7. The summed E-state index contributed by atoms with van der Waals surface area (Å²) >= 11 is 0. The van der Waals surface area contributed by atoms with E-state index in [4.69, 9.17) is 4.74 Å². The first-order chi connectivity index (χ1) is 16.1. The number of likely N-dealkylation sites (tertiary alicyclic amines) is 1. The first-order valence-corrected chi connectivity index (χ1v) is 12.8. The summed E-state index contributed by atoms with van der Waals surface area (Å²) in [4.78, 5) is 41.5. The van der Waals surface area contributed by atoms with Crippen LogP contribution in [0.3, 0.4) is 0 Å². The molecule has 10 heteroatoms. The van der Waals surface area contributed by atoms with E-state index in [9.17, 15) is 18.6 Å². The number of carbonyl (C=O) groups is 3. The van der Waals surface area contributed by atoms with Crippen LogP contribution in [0.5, 0.6) is 0 Å². The molecule has 2 amide bonds. The van der Waals surface area contributed by atoms with E-state index in [-0.39, 0.29) is 41.4 Å². The van der Waals surface area contributed by atoms with E-state index in [0.717, 1.165) is 18.4 Å². The van der Waals surface area contributed by atoms with Crippen molar-refractivity contribution in [2.24, 2.45) is 0 Å². The van der Waals surface area contributed by atoms with Crippen molar-refractivity contribution in [3.8, 4) is 0 Å². The molecule has 2 aromatic rings. The third kappa shape index (κ3) is 5.55. The van der Waals surface area contributed by atoms with Gasteiger partial charge in [-0.3, -0.25) is 18.5 Å². The Hall–Kier alpha value is -3.01. The number of ether oxygens (including phenoxy) is 1. The largest absolute Gasteiger partial charge is 0.465 e. The van der Waals surface area contributed by atoms with Crippen LogP contribution in [0, 0.1) is 13.8 Å².